The van der Waals surface area contributed by atoms with Crippen LogP contribution in [0.2, 0.25) is 0 Å². The molecule has 7 nitrogen and oxygen atoms in total. The van der Waals surface area contributed by atoms with Gasteiger partial charge in [-0.1, -0.05) is 0 Å². The minimum atomic E-state index is -0.496. The predicted octanol–water partition coefficient (Wildman–Crippen LogP) is 1.45. The number of nitrogens with two attached hydrogens (primary N) is 1. The lowest BCUT2D eigenvalue weighted by molar-refractivity contribution is 0.0455. The molecule has 2 N–H and O–H groups in total. The van der Waals surface area contributed by atoms with E-state index in [1.54, 1.807) is 14.0 Å². The summed E-state index contributed by atoms with van der Waals surface area (Å²) >= 11 is 0. The molecule has 0 fully saturated rings. The first kappa shape index (κ1) is 14.1. The SMILES string of the molecule is Cc1nn(C)c(C(=O)OCc2ccn(C(C)C)n2)c1N. The van der Waals surface area contributed by atoms with Gasteiger partial charge in [-0.3, -0.25) is 9.36 Å². The molecule has 108 valence electrons. The topological polar surface area (TPSA) is 88.0 Å². The average molecular weight is 277 g/mol. The van der Waals surface area contributed by atoms with Gasteiger partial charge in [0.25, 0.3) is 0 Å². The van der Waals surface area contributed by atoms with Gasteiger partial charge in [0.05, 0.1) is 17.1 Å². The number of carbonyl (C=O) groups excluding carboxylic acids is 1. The summed E-state index contributed by atoms with van der Waals surface area (Å²) in [6.07, 6.45) is 1.86. The highest BCUT2D eigenvalue weighted by molar-refractivity contribution is 5.93. The van der Waals surface area contributed by atoms with E-state index in [0.29, 0.717) is 17.1 Å². The van der Waals surface area contributed by atoms with Gasteiger partial charge in [0.15, 0.2) is 5.69 Å². The van der Waals surface area contributed by atoms with Crippen LogP contribution < -0.4 is 5.73 Å². The number of aryl methyl sites for hydroxylation is 2. The molecule has 0 amide bonds. The zero-order chi connectivity index (χ0) is 14.9. The van der Waals surface area contributed by atoms with Crippen LogP contribution in [-0.2, 0) is 18.4 Å². The van der Waals surface area contributed by atoms with E-state index in [1.165, 1.54) is 4.68 Å². The van der Waals surface area contributed by atoms with Crippen LogP contribution in [0.25, 0.3) is 0 Å². The normalized spacial score (nSPS) is 11.1. The number of anilines is 1. The third-order valence-electron chi connectivity index (χ3n) is 3.01. The maximum atomic E-state index is 12.0. The fourth-order valence-corrected chi connectivity index (χ4v) is 1.87. The van der Waals surface area contributed by atoms with Crippen LogP contribution in [-0.4, -0.2) is 25.5 Å². The number of rotatable bonds is 4. The Balaban J connectivity index is 2.05. The summed E-state index contributed by atoms with van der Waals surface area (Å²) in [7, 11) is 1.66. The van der Waals surface area contributed by atoms with Crippen molar-refractivity contribution in [3.8, 4) is 0 Å². The second-order valence-corrected chi connectivity index (χ2v) is 4.93. The van der Waals surface area contributed by atoms with Gasteiger partial charge in [0.2, 0.25) is 0 Å². The molecule has 0 saturated heterocycles. The molecular formula is C13H19N5O2. The minimum Gasteiger partial charge on any atom is -0.454 e. The van der Waals surface area contributed by atoms with Crippen molar-refractivity contribution in [1.82, 2.24) is 19.6 Å². The van der Waals surface area contributed by atoms with Crippen LogP contribution >= 0.6 is 0 Å². The molecular weight excluding hydrogens is 258 g/mol. The number of ether oxygens (including phenoxy) is 1. The number of carbonyl (C=O) groups is 1. The maximum Gasteiger partial charge on any atom is 0.359 e. The summed E-state index contributed by atoms with van der Waals surface area (Å²) in [5.41, 5.74) is 7.75. The van der Waals surface area contributed by atoms with E-state index in [4.69, 9.17) is 10.5 Å². The highest BCUT2D eigenvalue weighted by Gasteiger charge is 2.19. The molecule has 0 atom stereocenters. The third-order valence-corrected chi connectivity index (χ3v) is 3.01. The van der Waals surface area contributed by atoms with Gasteiger partial charge >= 0.3 is 5.97 Å². The Labute approximate surface area is 117 Å². The van der Waals surface area contributed by atoms with Gasteiger partial charge < -0.3 is 10.5 Å². The van der Waals surface area contributed by atoms with Crippen molar-refractivity contribution in [1.29, 1.82) is 0 Å². The standard InChI is InChI=1S/C13H19N5O2/c1-8(2)18-6-5-10(16-18)7-20-13(19)12-11(14)9(3)15-17(12)4/h5-6,8H,7,14H2,1-4H3. The van der Waals surface area contributed by atoms with E-state index in [2.05, 4.69) is 10.2 Å². The molecule has 2 aromatic rings. The van der Waals surface area contributed by atoms with Gasteiger partial charge in [-0.15, -0.1) is 0 Å². The minimum absolute atomic E-state index is 0.113. The lowest BCUT2D eigenvalue weighted by Gasteiger charge is -2.05. The highest BCUT2D eigenvalue weighted by atomic mass is 16.5. The van der Waals surface area contributed by atoms with Crippen molar-refractivity contribution in [2.24, 2.45) is 7.05 Å². The highest BCUT2D eigenvalue weighted by Crippen LogP contribution is 2.17. The Bertz CT molecular complexity index is 627. The molecule has 2 rings (SSSR count). The molecule has 0 bridgehead atoms. The molecule has 0 aliphatic carbocycles. The molecule has 0 aromatic carbocycles. The van der Waals surface area contributed by atoms with Crippen LogP contribution in [0.4, 0.5) is 5.69 Å². The van der Waals surface area contributed by atoms with Crippen LogP contribution in [0.1, 0.15) is 41.8 Å². The first-order valence-electron chi connectivity index (χ1n) is 6.40. The smallest absolute Gasteiger partial charge is 0.359 e. The lowest BCUT2D eigenvalue weighted by Crippen LogP contribution is -2.13. The molecule has 0 unspecified atom stereocenters. The fourth-order valence-electron chi connectivity index (χ4n) is 1.87. The summed E-state index contributed by atoms with van der Waals surface area (Å²) in [6.45, 7) is 5.92. The molecule has 0 aliphatic heterocycles. The summed E-state index contributed by atoms with van der Waals surface area (Å²) in [5.74, 6) is -0.496. The first-order chi connectivity index (χ1) is 9.40. The fraction of sp³-hybridized carbons (Fsp3) is 0.462. The Morgan fingerprint density at radius 1 is 1.45 bits per heavy atom. The number of aromatic nitrogens is 4. The maximum absolute atomic E-state index is 12.0. The summed E-state index contributed by atoms with van der Waals surface area (Å²) in [6, 6.07) is 2.10. The molecule has 0 saturated carbocycles. The molecule has 0 radical (unpaired) electrons. The molecule has 20 heavy (non-hydrogen) atoms. The van der Waals surface area contributed by atoms with Crippen molar-refractivity contribution in [2.45, 2.75) is 33.4 Å². The molecule has 2 aromatic heterocycles. The molecule has 7 heteroatoms. The Morgan fingerprint density at radius 2 is 2.15 bits per heavy atom. The van der Waals surface area contributed by atoms with Crippen molar-refractivity contribution in [3.05, 3.63) is 29.3 Å². The zero-order valence-electron chi connectivity index (χ0n) is 12.1. The van der Waals surface area contributed by atoms with E-state index in [-0.39, 0.29) is 18.3 Å². The van der Waals surface area contributed by atoms with E-state index < -0.39 is 5.97 Å². The van der Waals surface area contributed by atoms with Crippen LogP contribution in [0.5, 0.6) is 0 Å². The number of esters is 1. The number of nitrogen functional groups attached to an aromatic ring is 1. The van der Waals surface area contributed by atoms with Gasteiger partial charge in [-0.2, -0.15) is 10.2 Å². The molecule has 0 spiro atoms. The number of nitrogens with zero attached hydrogens (tertiary/aromatic N) is 4. The summed E-state index contributed by atoms with van der Waals surface area (Å²) in [4.78, 5) is 12.0. The van der Waals surface area contributed by atoms with Crippen LogP contribution in [0.3, 0.4) is 0 Å². The number of hydrogen-bond acceptors (Lipinski definition) is 5. The van der Waals surface area contributed by atoms with E-state index in [9.17, 15) is 4.79 Å². The van der Waals surface area contributed by atoms with Crippen molar-refractivity contribution >= 4 is 11.7 Å². The van der Waals surface area contributed by atoms with Gasteiger partial charge in [-0.25, -0.2) is 4.79 Å². The Hall–Kier alpha value is -2.31. The lowest BCUT2D eigenvalue weighted by atomic mass is 10.3. The van der Waals surface area contributed by atoms with Crippen molar-refractivity contribution < 1.29 is 9.53 Å². The summed E-state index contributed by atoms with van der Waals surface area (Å²) < 4.78 is 8.47. The second kappa shape index (κ2) is 5.36. The van der Waals surface area contributed by atoms with E-state index in [1.807, 2.05) is 30.8 Å². The molecule has 0 aliphatic rings. The largest absolute Gasteiger partial charge is 0.454 e. The van der Waals surface area contributed by atoms with E-state index in [0.717, 1.165) is 0 Å². The van der Waals surface area contributed by atoms with Crippen LogP contribution in [0, 0.1) is 6.92 Å². The quantitative estimate of drug-likeness (QED) is 0.854. The molecule has 2 heterocycles. The predicted molar refractivity (Wildman–Crippen MR) is 74.1 cm³/mol. The van der Waals surface area contributed by atoms with Crippen molar-refractivity contribution in [2.75, 3.05) is 5.73 Å². The second-order valence-electron chi connectivity index (χ2n) is 4.93. The van der Waals surface area contributed by atoms with Gasteiger partial charge in [0, 0.05) is 19.3 Å². The Kier molecular flexibility index (Phi) is 3.78. The monoisotopic (exact) mass is 277 g/mol. The summed E-state index contributed by atoms with van der Waals surface area (Å²) in [5, 5.41) is 8.40. The van der Waals surface area contributed by atoms with Crippen LogP contribution in [0.15, 0.2) is 12.3 Å². The van der Waals surface area contributed by atoms with Gasteiger partial charge in [-0.05, 0) is 26.8 Å². The number of hydrogen-bond donors (Lipinski definition) is 1. The van der Waals surface area contributed by atoms with Gasteiger partial charge in [0.1, 0.15) is 6.61 Å². The first-order valence-corrected chi connectivity index (χ1v) is 6.40. The van der Waals surface area contributed by atoms with E-state index >= 15 is 0 Å². The third kappa shape index (κ3) is 2.66. The average Bonchev–Trinajstić information content (AvgIpc) is 2.93. The van der Waals surface area contributed by atoms with Crippen molar-refractivity contribution in [3.63, 3.8) is 0 Å². The zero-order valence-corrected chi connectivity index (χ0v) is 12.1. The Morgan fingerprint density at radius 3 is 2.65 bits per heavy atom.